The molecule has 1 fully saturated rings. The van der Waals surface area contributed by atoms with E-state index in [4.69, 9.17) is 4.74 Å². The largest absolute Gasteiger partial charge is 0.493 e. The highest BCUT2D eigenvalue weighted by atomic mass is 16.5. The summed E-state index contributed by atoms with van der Waals surface area (Å²) in [6, 6.07) is 6.29. The summed E-state index contributed by atoms with van der Waals surface area (Å²) in [4.78, 5) is 25.4. The van der Waals surface area contributed by atoms with Crippen molar-refractivity contribution in [3.05, 3.63) is 29.3 Å². The van der Waals surface area contributed by atoms with Crippen LogP contribution in [0.2, 0.25) is 0 Å². The van der Waals surface area contributed by atoms with Crippen molar-refractivity contribution in [1.82, 2.24) is 10.2 Å². The zero-order valence-corrected chi connectivity index (χ0v) is 15.6. The smallest absolute Gasteiger partial charge is 0.222 e. The Morgan fingerprint density at radius 3 is 2.84 bits per heavy atom. The van der Waals surface area contributed by atoms with E-state index < -0.39 is 0 Å². The summed E-state index contributed by atoms with van der Waals surface area (Å²) in [6.07, 6.45) is 4.13. The van der Waals surface area contributed by atoms with Crippen LogP contribution in [0.25, 0.3) is 0 Å². The Hall–Kier alpha value is -2.04. The number of carbonyl (C=O) groups excluding carboxylic acids is 2. The number of hydrogen-bond acceptors (Lipinski definition) is 3. The Kier molecular flexibility index (Phi) is 7.29. The van der Waals surface area contributed by atoms with E-state index in [1.54, 1.807) is 0 Å². The first-order valence-corrected chi connectivity index (χ1v) is 9.20. The fourth-order valence-corrected chi connectivity index (χ4v) is 3.19. The number of amides is 2. The highest BCUT2D eigenvalue weighted by Crippen LogP contribution is 2.19. The number of unbranched alkanes of at least 4 members (excludes halogenated alkanes) is 1. The van der Waals surface area contributed by atoms with E-state index in [1.807, 2.05) is 11.8 Å². The molecule has 0 aromatic heterocycles. The maximum absolute atomic E-state index is 12.3. The predicted molar refractivity (Wildman–Crippen MR) is 98.7 cm³/mol. The lowest BCUT2D eigenvalue weighted by molar-refractivity contribution is -0.133. The third-order valence-corrected chi connectivity index (χ3v) is 4.57. The first-order valence-electron chi connectivity index (χ1n) is 9.20. The van der Waals surface area contributed by atoms with Gasteiger partial charge in [0.15, 0.2) is 0 Å². The molecule has 0 radical (unpaired) electrons. The van der Waals surface area contributed by atoms with Gasteiger partial charge in [-0.25, -0.2) is 0 Å². The summed E-state index contributed by atoms with van der Waals surface area (Å²) in [6.45, 7) is 7.69. The van der Waals surface area contributed by atoms with Gasteiger partial charge < -0.3 is 15.0 Å². The number of aryl methyl sites for hydroxylation is 2. The Morgan fingerprint density at radius 1 is 1.28 bits per heavy atom. The molecule has 0 saturated carbocycles. The Balaban J connectivity index is 1.66. The molecule has 138 valence electrons. The van der Waals surface area contributed by atoms with Gasteiger partial charge in [-0.3, -0.25) is 9.59 Å². The van der Waals surface area contributed by atoms with Crippen LogP contribution in [0.5, 0.6) is 5.75 Å². The van der Waals surface area contributed by atoms with E-state index in [2.05, 4.69) is 30.4 Å². The molecule has 0 bridgehead atoms. The number of ether oxygens (including phenoxy) is 1. The van der Waals surface area contributed by atoms with Gasteiger partial charge in [0.1, 0.15) is 5.75 Å². The zero-order chi connectivity index (χ0) is 18.2. The van der Waals surface area contributed by atoms with Gasteiger partial charge in [-0.05, 0) is 56.7 Å². The normalized spacial score (nSPS) is 17.2. The van der Waals surface area contributed by atoms with Crippen molar-refractivity contribution in [2.24, 2.45) is 0 Å². The average molecular weight is 346 g/mol. The molecule has 2 amide bonds. The molecule has 0 aliphatic carbocycles. The highest BCUT2D eigenvalue weighted by molar-refractivity contribution is 5.76. The molecule has 1 aromatic rings. The Morgan fingerprint density at radius 2 is 2.08 bits per heavy atom. The summed E-state index contributed by atoms with van der Waals surface area (Å²) < 4.78 is 5.83. The average Bonchev–Trinajstić information content (AvgIpc) is 2.57. The zero-order valence-electron chi connectivity index (χ0n) is 15.6. The van der Waals surface area contributed by atoms with E-state index >= 15 is 0 Å². The molecule has 5 nitrogen and oxygen atoms in total. The lowest BCUT2D eigenvalue weighted by atomic mass is 10.0. The molecule has 2 rings (SSSR count). The van der Waals surface area contributed by atoms with Crippen LogP contribution in [0.4, 0.5) is 0 Å². The first kappa shape index (κ1) is 19.3. The summed E-state index contributed by atoms with van der Waals surface area (Å²) in [5.74, 6) is 1.09. The maximum Gasteiger partial charge on any atom is 0.222 e. The fourth-order valence-electron chi connectivity index (χ4n) is 3.19. The number of rotatable bonds is 7. The van der Waals surface area contributed by atoms with Crippen molar-refractivity contribution in [2.75, 3.05) is 19.7 Å². The number of carbonyl (C=O) groups is 2. The second kappa shape index (κ2) is 9.44. The van der Waals surface area contributed by atoms with Gasteiger partial charge in [-0.15, -0.1) is 0 Å². The van der Waals surface area contributed by atoms with Crippen LogP contribution in [-0.4, -0.2) is 42.5 Å². The summed E-state index contributed by atoms with van der Waals surface area (Å²) >= 11 is 0. The highest BCUT2D eigenvalue weighted by Gasteiger charge is 2.23. The molecule has 5 heteroatoms. The molecule has 25 heavy (non-hydrogen) atoms. The predicted octanol–water partition coefficient (Wildman–Crippen LogP) is 2.98. The van der Waals surface area contributed by atoms with Crippen LogP contribution in [-0.2, 0) is 9.59 Å². The van der Waals surface area contributed by atoms with Crippen molar-refractivity contribution >= 4 is 11.8 Å². The van der Waals surface area contributed by atoms with Crippen molar-refractivity contribution in [3.8, 4) is 5.75 Å². The van der Waals surface area contributed by atoms with Crippen LogP contribution < -0.4 is 10.1 Å². The van der Waals surface area contributed by atoms with E-state index in [1.165, 1.54) is 12.5 Å². The molecule has 1 aliphatic rings. The van der Waals surface area contributed by atoms with Crippen molar-refractivity contribution in [2.45, 2.75) is 58.9 Å². The van der Waals surface area contributed by atoms with Crippen molar-refractivity contribution in [3.63, 3.8) is 0 Å². The number of hydrogen-bond donors (Lipinski definition) is 1. The van der Waals surface area contributed by atoms with E-state index in [-0.39, 0.29) is 17.9 Å². The lowest BCUT2D eigenvalue weighted by Gasteiger charge is -2.33. The summed E-state index contributed by atoms with van der Waals surface area (Å²) in [5, 5.41) is 2.92. The summed E-state index contributed by atoms with van der Waals surface area (Å²) in [5.41, 5.74) is 2.33. The van der Waals surface area contributed by atoms with Gasteiger partial charge >= 0.3 is 0 Å². The standard InChI is InChI=1S/C20H30N2O3/c1-15-9-10-16(2)19(13-15)25-12-5-4-8-20(24)22-11-6-7-18(14-22)21-17(3)23/h9-10,13,18H,4-8,11-12,14H2,1-3H3,(H,21,23). The van der Waals surface area contributed by atoms with Crippen LogP contribution in [0, 0.1) is 13.8 Å². The van der Waals surface area contributed by atoms with Crippen LogP contribution in [0.1, 0.15) is 50.2 Å². The summed E-state index contributed by atoms with van der Waals surface area (Å²) in [7, 11) is 0. The van der Waals surface area contributed by atoms with Gasteiger partial charge in [0, 0.05) is 32.5 Å². The Bertz CT molecular complexity index is 601. The minimum atomic E-state index is -0.0251. The monoisotopic (exact) mass is 346 g/mol. The molecular weight excluding hydrogens is 316 g/mol. The second-order valence-electron chi connectivity index (χ2n) is 6.95. The second-order valence-corrected chi connectivity index (χ2v) is 6.95. The number of nitrogens with one attached hydrogen (secondary N) is 1. The molecular formula is C20H30N2O3. The topological polar surface area (TPSA) is 58.6 Å². The van der Waals surface area contributed by atoms with Gasteiger partial charge in [0.2, 0.25) is 11.8 Å². The molecule has 1 aromatic carbocycles. The van der Waals surface area contributed by atoms with Gasteiger partial charge in [-0.1, -0.05) is 12.1 Å². The maximum atomic E-state index is 12.3. The molecule has 1 heterocycles. The molecule has 1 saturated heterocycles. The third kappa shape index (κ3) is 6.40. The molecule has 1 aliphatic heterocycles. The van der Waals surface area contributed by atoms with Gasteiger partial charge in [0.25, 0.3) is 0 Å². The van der Waals surface area contributed by atoms with Crippen molar-refractivity contribution < 1.29 is 14.3 Å². The number of benzene rings is 1. The van der Waals surface area contributed by atoms with Crippen LogP contribution in [0.15, 0.2) is 18.2 Å². The minimum absolute atomic E-state index is 0.0251. The van der Waals surface area contributed by atoms with E-state index in [9.17, 15) is 9.59 Å². The SMILES string of the molecule is CC(=O)NC1CCCN(C(=O)CCCCOc2cc(C)ccc2C)C1. The van der Waals surface area contributed by atoms with Gasteiger partial charge in [0.05, 0.1) is 6.61 Å². The van der Waals surface area contributed by atoms with Crippen LogP contribution in [0.3, 0.4) is 0 Å². The Labute approximate surface area is 150 Å². The van der Waals surface area contributed by atoms with E-state index in [0.717, 1.165) is 43.5 Å². The third-order valence-electron chi connectivity index (χ3n) is 4.57. The van der Waals surface area contributed by atoms with Crippen LogP contribution >= 0.6 is 0 Å². The quantitative estimate of drug-likeness (QED) is 0.772. The fraction of sp³-hybridized carbons (Fsp3) is 0.600. The molecule has 0 spiro atoms. The molecule has 1 atom stereocenters. The van der Waals surface area contributed by atoms with E-state index in [0.29, 0.717) is 19.6 Å². The van der Waals surface area contributed by atoms with Crippen molar-refractivity contribution in [1.29, 1.82) is 0 Å². The van der Waals surface area contributed by atoms with Gasteiger partial charge in [-0.2, -0.15) is 0 Å². The number of nitrogens with zero attached hydrogens (tertiary/aromatic N) is 1. The molecule has 1 unspecified atom stereocenters. The number of likely N-dealkylation sites (tertiary alicyclic amines) is 1. The molecule has 1 N–H and O–H groups in total. The first-order chi connectivity index (χ1) is 12.0. The lowest BCUT2D eigenvalue weighted by Crippen LogP contribution is -2.49. The number of piperidine rings is 1. The minimum Gasteiger partial charge on any atom is -0.493 e.